The van der Waals surface area contributed by atoms with Gasteiger partial charge in [-0.3, -0.25) is 0 Å². The van der Waals surface area contributed by atoms with Gasteiger partial charge in [-0.1, -0.05) is 5.16 Å². The van der Waals surface area contributed by atoms with E-state index >= 15 is 0 Å². The van der Waals surface area contributed by atoms with Gasteiger partial charge < -0.3 is 9.94 Å². The SMILES string of the molecule is C/C=N/OCC(=O)O. The summed E-state index contributed by atoms with van der Waals surface area (Å²) in [5.74, 6) is -1.02. The molecule has 0 rings (SSSR count). The molecule has 0 heterocycles. The van der Waals surface area contributed by atoms with Crippen LogP contribution >= 0.6 is 0 Å². The van der Waals surface area contributed by atoms with Crippen LogP contribution in [0.5, 0.6) is 0 Å². The predicted octanol–water partition coefficient (Wildman–Crippen LogP) is 0.0933. The quantitative estimate of drug-likeness (QED) is 0.421. The second kappa shape index (κ2) is 4.11. The van der Waals surface area contributed by atoms with E-state index in [1.807, 2.05) is 0 Å². The van der Waals surface area contributed by atoms with Gasteiger partial charge in [0.05, 0.1) is 0 Å². The van der Waals surface area contributed by atoms with E-state index < -0.39 is 5.97 Å². The number of carboxylic acid groups (broad SMARTS) is 1. The monoisotopic (exact) mass is 117 g/mol. The molecule has 0 fully saturated rings. The smallest absolute Gasteiger partial charge is 0.344 e. The summed E-state index contributed by atoms with van der Waals surface area (Å²) in [6.07, 6.45) is 1.38. The number of carboxylic acids is 1. The van der Waals surface area contributed by atoms with Crippen LogP contribution in [0.3, 0.4) is 0 Å². The molecule has 0 aliphatic heterocycles. The van der Waals surface area contributed by atoms with Crippen molar-refractivity contribution in [3.63, 3.8) is 0 Å². The maximum absolute atomic E-state index is 9.68. The van der Waals surface area contributed by atoms with Crippen molar-refractivity contribution in [3.05, 3.63) is 0 Å². The summed E-state index contributed by atoms with van der Waals surface area (Å²) < 4.78 is 0. The zero-order valence-corrected chi connectivity index (χ0v) is 4.50. The van der Waals surface area contributed by atoms with Crippen molar-refractivity contribution >= 4 is 12.2 Å². The molecule has 0 atom stereocenters. The van der Waals surface area contributed by atoms with Gasteiger partial charge in [0, 0.05) is 6.21 Å². The lowest BCUT2D eigenvalue weighted by Gasteiger charge is -1.88. The van der Waals surface area contributed by atoms with E-state index in [9.17, 15) is 4.79 Å². The highest BCUT2D eigenvalue weighted by Crippen LogP contribution is 1.71. The van der Waals surface area contributed by atoms with Crippen LogP contribution < -0.4 is 0 Å². The molecule has 0 aromatic carbocycles. The van der Waals surface area contributed by atoms with Crippen LogP contribution in [0.1, 0.15) is 6.92 Å². The Morgan fingerprint density at radius 3 is 3.00 bits per heavy atom. The molecule has 0 aromatic rings. The molecule has 4 heteroatoms. The van der Waals surface area contributed by atoms with Gasteiger partial charge in [0.15, 0.2) is 0 Å². The van der Waals surface area contributed by atoms with E-state index in [2.05, 4.69) is 9.99 Å². The van der Waals surface area contributed by atoms with Crippen LogP contribution in [-0.2, 0) is 9.63 Å². The van der Waals surface area contributed by atoms with Gasteiger partial charge in [-0.05, 0) is 6.92 Å². The highest BCUT2D eigenvalue weighted by molar-refractivity contribution is 5.68. The van der Waals surface area contributed by atoms with Crippen LogP contribution in [0.4, 0.5) is 0 Å². The molecule has 0 aliphatic carbocycles. The number of nitrogens with zero attached hydrogens (tertiary/aromatic N) is 1. The molecule has 0 radical (unpaired) electrons. The minimum atomic E-state index is -1.02. The van der Waals surface area contributed by atoms with E-state index in [4.69, 9.17) is 5.11 Å². The first-order valence-corrected chi connectivity index (χ1v) is 2.09. The molecule has 4 nitrogen and oxygen atoms in total. The summed E-state index contributed by atoms with van der Waals surface area (Å²) in [6, 6.07) is 0. The summed E-state index contributed by atoms with van der Waals surface area (Å²) in [5.41, 5.74) is 0. The Labute approximate surface area is 46.8 Å². The highest BCUT2D eigenvalue weighted by atomic mass is 16.6. The standard InChI is InChI=1S/C4H7NO3/c1-2-5-8-3-4(6)7/h2H,3H2,1H3,(H,6,7)/b5-2+. The highest BCUT2D eigenvalue weighted by Gasteiger charge is 1.91. The number of oxime groups is 1. The number of rotatable bonds is 3. The minimum Gasteiger partial charge on any atom is -0.479 e. The van der Waals surface area contributed by atoms with Gasteiger partial charge in [-0.2, -0.15) is 0 Å². The molecular formula is C4H7NO3. The van der Waals surface area contributed by atoms with E-state index in [0.717, 1.165) is 0 Å². The molecule has 46 valence electrons. The maximum atomic E-state index is 9.68. The Hall–Kier alpha value is -1.06. The molecule has 0 bridgehead atoms. The largest absolute Gasteiger partial charge is 0.479 e. The van der Waals surface area contributed by atoms with Gasteiger partial charge in [0.25, 0.3) is 0 Å². The first kappa shape index (κ1) is 6.94. The molecule has 8 heavy (non-hydrogen) atoms. The molecule has 1 N–H and O–H groups in total. The number of hydrogen-bond acceptors (Lipinski definition) is 3. The van der Waals surface area contributed by atoms with E-state index in [1.165, 1.54) is 6.21 Å². The van der Waals surface area contributed by atoms with E-state index in [-0.39, 0.29) is 6.61 Å². The van der Waals surface area contributed by atoms with Crippen molar-refractivity contribution in [3.8, 4) is 0 Å². The van der Waals surface area contributed by atoms with E-state index in [0.29, 0.717) is 0 Å². The van der Waals surface area contributed by atoms with Crippen molar-refractivity contribution in [1.82, 2.24) is 0 Å². The number of hydrogen-bond donors (Lipinski definition) is 1. The average molecular weight is 117 g/mol. The van der Waals surface area contributed by atoms with Gasteiger partial charge >= 0.3 is 5.97 Å². The maximum Gasteiger partial charge on any atom is 0.344 e. The summed E-state index contributed by atoms with van der Waals surface area (Å²) in [5, 5.41) is 11.1. The summed E-state index contributed by atoms with van der Waals surface area (Å²) in [4.78, 5) is 13.9. The lowest BCUT2D eigenvalue weighted by atomic mass is 10.8. The summed E-state index contributed by atoms with van der Waals surface area (Å²) in [6.45, 7) is 1.27. The van der Waals surface area contributed by atoms with Crippen LogP contribution in [0.25, 0.3) is 0 Å². The molecule has 0 unspecified atom stereocenters. The van der Waals surface area contributed by atoms with Crippen LogP contribution in [0, 0.1) is 0 Å². The van der Waals surface area contributed by atoms with Crippen LogP contribution in [0.2, 0.25) is 0 Å². The number of carbonyl (C=O) groups is 1. The van der Waals surface area contributed by atoms with Crippen LogP contribution in [0.15, 0.2) is 5.16 Å². The van der Waals surface area contributed by atoms with Gasteiger partial charge in [-0.25, -0.2) is 4.79 Å². The van der Waals surface area contributed by atoms with Gasteiger partial charge in [0.1, 0.15) is 0 Å². The lowest BCUT2D eigenvalue weighted by molar-refractivity contribution is -0.142. The van der Waals surface area contributed by atoms with Crippen molar-refractivity contribution in [2.75, 3.05) is 6.61 Å². The summed E-state index contributed by atoms with van der Waals surface area (Å²) >= 11 is 0. The first-order valence-electron chi connectivity index (χ1n) is 2.09. The lowest BCUT2D eigenvalue weighted by Crippen LogP contribution is -2.02. The zero-order valence-electron chi connectivity index (χ0n) is 4.50. The van der Waals surface area contributed by atoms with Crippen molar-refractivity contribution in [1.29, 1.82) is 0 Å². The number of aliphatic carboxylic acids is 1. The Bertz CT molecular complexity index is 99.5. The van der Waals surface area contributed by atoms with Crippen molar-refractivity contribution in [2.24, 2.45) is 5.16 Å². The third kappa shape index (κ3) is 4.94. The van der Waals surface area contributed by atoms with E-state index in [1.54, 1.807) is 6.92 Å². The fourth-order valence-electron chi connectivity index (χ4n) is 0.167. The Balaban J connectivity index is 3.05. The normalized spacial score (nSPS) is 9.62. The topological polar surface area (TPSA) is 58.9 Å². The predicted molar refractivity (Wildman–Crippen MR) is 27.8 cm³/mol. The third-order valence-corrected chi connectivity index (χ3v) is 0.368. The van der Waals surface area contributed by atoms with Gasteiger partial charge in [0.2, 0.25) is 6.61 Å². The molecule has 0 saturated carbocycles. The summed E-state index contributed by atoms with van der Waals surface area (Å²) in [7, 11) is 0. The first-order chi connectivity index (χ1) is 3.77. The Morgan fingerprint density at radius 1 is 2.00 bits per heavy atom. The van der Waals surface area contributed by atoms with Crippen molar-refractivity contribution < 1.29 is 14.7 Å². The van der Waals surface area contributed by atoms with Crippen molar-refractivity contribution in [2.45, 2.75) is 6.92 Å². The molecular weight excluding hydrogens is 110 g/mol. The molecule has 0 aromatic heterocycles. The fourth-order valence-corrected chi connectivity index (χ4v) is 0.167. The average Bonchev–Trinajstić information content (AvgIpc) is 1.66. The van der Waals surface area contributed by atoms with Gasteiger partial charge in [-0.15, -0.1) is 0 Å². The molecule has 0 saturated heterocycles. The zero-order chi connectivity index (χ0) is 6.41. The Morgan fingerprint density at radius 2 is 2.62 bits per heavy atom. The second-order valence-electron chi connectivity index (χ2n) is 1.03. The molecule has 0 spiro atoms. The fraction of sp³-hybridized carbons (Fsp3) is 0.500. The molecule has 0 aliphatic rings. The van der Waals surface area contributed by atoms with Crippen LogP contribution in [-0.4, -0.2) is 23.9 Å². The second-order valence-corrected chi connectivity index (χ2v) is 1.03. The third-order valence-electron chi connectivity index (χ3n) is 0.368. The Kier molecular flexibility index (Phi) is 3.56. The molecule has 0 amide bonds. The minimum absolute atomic E-state index is 0.371.